The molecule has 0 atom stereocenters. The second kappa shape index (κ2) is 5.02. The van der Waals surface area contributed by atoms with E-state index in [9.17, 15) is 25.2 Å². The first-order chi connectivity index (χ1) is 9.24. The molecule has 0 saturated heterocycles. The summed E-state index contributed by atoms with van der Waals surface area (Å²) in [5, 5.41) is 0.816. The summed E-state index contributed by atoms with van der Waals surface area (Å²) >= 11 is 6.28. The first-order valence-corrected chi connectivity index (χ1v) is 8.38. The van der Waals surface area contributed by atoms with E-state index in [0.29, 0.717) is 0 Å². The monoisotopic (exact) mass is 354 g/mol. The van der Waals surface area contributed by atoms with Gasteiger partial charge in [0.25, 0.3) is 0 Å². The predicted molar refractivity (Wildman–Crippen MR) is 72.1 cm³/mol. The van der Waals surface area contributed by atoms with Crippen molar-refractivity contribution < 1.29 is 29.7 Å². The number of benzene rings is 1. The van der Waals surface area contributed by atoms with Crippen molar-refractivity contribution in [1.29, 1.82) is 0 Å². The second-order valence-electron chi connectivity index (χ2n) is 4.20. The standard InChI is InChI=1S/C11H14ClN2.F6P/c1-3-13-9-7-5-6-8-10(9)14(4-2)11(13)12;1-7(2,3,4,5)6/h5-8H,3-4H2,1-2H3;/q+1;-1. The zero-order valence-electron chi connectivity index (χ0n) is 11.2. The van der Waals surface area contributed by atoms with Crippen LogP contribution in [0.2, 0.25) is 5.28 Å². The maximum absolute atomic E-state index is 10.7. The van der Waals surface area contributed by atoms with E-state index in [-0.39, 0.29) is 0 Å². The summed E-state index contributed by atoms with van der Waals surface area (Å²) in [5.41, 5.74) is 2.42. The zero-order valence-corrected chi connectivity index (χ0v) is 12.9. The maximum atomic E-state index is 9.87. The number of halogens is 7. The summed E-state index contributed by atoms with van der Waals surface area (Å²) < 4.78 is 63.4. The molecule has 2 aromatic rings. The summed E-state index contributed by atoms with van der Waals surface area (Å²) in [6, 6.07) is 8.31. The van der Waals surface area contributed by atoms with Crippen LogP contribution in [0.1, 0.15) is 13.8 Å². The minimum absolute atomic E-state index is 0.816. The molecule has 21 heavy (non-hydrogen) atoms. The van der Waals surface area contributed by atoms with Gasteiger partial charge in [-0.25, -0.2) is 9.13 Å². The van der Waals surface area contributed by atoms with Gasteiger partial charge in [0.1, 0.15) is 0 Å². The average Bonchev–Trinajstić information content (AvgIpc) is 2.56. The van der Waals surface area contributed by atoms with Crippen LogP contribution in [0, 0.1) is 0 Å². The molecule has 0 N–H and O–H groups in total. The third-order valence-electron chi connectivity index (χ3n) is 2.54. The Balaban J connectivity index is 0.000000270. The van der Waals surface area contributed by atoms with Crippen molar-refractivity contribution in [1.82, 2.24) is 4.57 Å². The molecule has 10 heteroatoms. The number of aryl methyl sites for hydroxylation is 2. The van der Waals surface area contributed by atoms with Gasteiger partial charge >= 0.3 is 38.3 Å². The van der Waals surface area contributed by atoms with Crippen molar-refractivity contribution in [3.05, 3.63) is 29.5 Å². The van der Waals surface area contributed by atoms with E-state index in [1.807, 2.05) is 12.1 Å². The number of fused-ring (bicyclic) bond motifs is 1. The van der Waals surface area contributed by atoms with Crippen LogP contribution in [0.5, 0.6) is 0 Å². The zero-order chi connectivity index (χ0) is 16.5. The Morgan fingerprint density at radius 1 is 1.05 bits per heavy atom. The number of para-hydroxylation sites is 2. The van der Waals surface area contributed by atoms with Crippen LogP contribution in [-0.4, -0.2) is 4.57 Å². The molecule has 122 valence electrons. The van der Waals surface area contributed by atoms with Gasteiger partial charge in [-0.05, 0) is 26.0 Å². The molecule has 0 aliphatic rings. The van der Waals surface area contributed by atoms with Crippen LogP contribution in [0.25, 0.3) is 11.0 Å². The van der Waals surface area contributed by atoms with Gasteiger partial charge in [0.2, 0.25) is 0 Å². The third-order valence-corrected chi connectivity index (χ3v) is 2.95. The molecule has 1 aromatic heterocycles. The van der Waals surface area contributed by atoms with Crippen molar-refractivity contribution in [2.45, 2.75) is 26.9 Å². The van der Waals surface area contributed by atoms with Crippen LogP contribution >= 0.6 is 19.4 Å². The Kier molecular flexibility index (Phi) is 4.31. The summed E-state index contributed by atoms with van der Waals surface area (Å²) in [7, 11) is -10.7. The number of aromatic nitrogens is 2. The first kappa shape index (κ1) is 18.0. The molecule has 2 nitrogen and oxygen atoms in total. The van der Waals surface area contributed by atoms with Crippen LogP contribution in [0.15, 0.2) is 24.3 Å². The Bertz CT molecular complexity index is 597. The molecule has 0 fully saturated rings. The van der Waals surface area contributed by atoms with E-state index in [4.69, 9.17) is 11.6 Å². The number of hydrogen-bond acceptors (Lipinski definition) is 0. The molecular weight excluding hydrogens is 341 g/mol. The fraction of sp³-hybridized carbons (Fsp3) is 0.364. The van der Waals surface area contributed by atoms with Crippen molar-refractivity contribution in [2.24, 2.45) is 0 Å². The SMILES string of the molecule is CCn1c(Cl)[n+](CC)c2ccccc21.F[P-](F)(F)(F)(F)F. The van der Waals surface area contributed by atoms with Gasteiger partial charge in [-0.1, -0.05) is 12.1 Å². The van der Waals surface area contributed by atoms with E-state index in [1.165, 1.54) is 11.0 Å². The number of rotatable bonds is 2. The fourth-order valence-corrected chi connectivity index (χ4v) is 2.29. The van der Waals surface area contributed by atoms with Crippen LogP contribution < -0.4 is 4.57 Å². The normalized spacial score (nSPS) is 15.1. The Morgan fingerprint density at radius 2 is 1.52 bits per heavy atom. The van der Waals surface area contributed by atoms with Gasteiger partial charge in [0.15, 0.2) is 11.0 Å². The number of nitrogens with zero attached hydrogens (tertiary/aromatic N) is 2. The quantitative estimate of drug-likeness (QED) is 0.355. The average molecular weight is 355 g/mol. The van der Waals surface area contributed by atoms with E-state index >= 15 is 0 Å². The molecule has 0 aliphatic carbocycles. The van der Waals surface area contributed by atoms with Crippen molar-refractivity contribution in [3.8, 4) is 0 Å². The van der Waals surface area contributed by atoms with E-state index in [0.717, 1.165) is 18.4 Å². The minimum atomic E-state index is -10.7. The Labute approximate surface area is 122 Å². The molecule has 1 aromatic carbocycles. The van der Waals surface area contributed by atoms with Crippen molar-refractivity contribution >= 4 is 30.4 Å². The molecule has 0 aliphatic heterocycles. The summed E-state index contributed by atoms with van der Waals surface area (Å²) in [5.74, 6) is 0. The molecule has 0 saturated carbocycles. The number of hydrogen-bond donors (Lipinski definition) is 0. The van der Waals surface area contributed by atoms with E-state index in [2.05, 4.69) is 35.1 Å². The summed E-state index contributed by atoms with van der Waals surface area (Å²) in [6.45, 7) is 6.04. The first-order valence-electron chi connectivity index (χ1n) is 5.97. The Morgan fingerprint density at radius 3 is 1.95 bits per heavy atom. The van der Waals surface area contributed by atoms with Gasteiger partial charge in [-0.2, -0.15) is 0 Å². The van der Waals surface area contributed by atoms with Crippen LogP contribution in [-0.2, 0) is 13.1 Å². The van der Waals surface area contributed by atoms with Crippen LogP contribution in [0.4, 0.5) is 25.2 Å². The fourth-order valence-electron chi connectivity index (χ4n) is 1.87. The topological polar surface area (TPSA) is 8.81 Å². The molecular formula is C11H14ClF6N2P. The molecule has 2 rings (SSSR count). The predicted octanol–water partition coefficient (Wildman–Crippen LogP) is 6.00. The Hall–Kier alpha value is -1.01. The molecule has 0 bridgehead atoms. The van der Waals surface area contributed by atoms with Gasteiger partial charge in [-0.15, -0.1) is 0 Å². The van der Waals surface area contributed by atoms with Gasteiger partial charge in [0, 0.05) is 11.6 Å². The van der Waals surface area contributed by atoms with E-state index in [1.54, 1.807) is 0 Å². The molecule has 0 spiro atoms. The molecule has 0 radical (unpaired) electrons. The van der Waals surface area contributed by atoms with Gasteiger partial charge in [0.05, 0.1) is 13.1 Å². The van der Waals surface area contributed by atoms with Crippen molar-refractivity contribution in [2.75, 3.05) is 0 Å². The van der Waals surface area contributed by atoms with Crippen LogP contribution in [0.3, 0.4) is 0 Å². The molecule has 0 amide bonds. The summed E-state index contributed by atoms with van der Waals surface area (Å²) in [4.78, 5) is 0. The third kappa shape index (κ3) is 6.09. The summed E-state index contributed by atoms with van der Waals surface area (Å²) in [6.07, 6.45) is 0. The van der Waals surface area contributed by atoms with Gasteiger partial charge in [-0.3, -0.25) is 0 Å². The van der Waals surface area contributed by atoms with Gasteiger partial charge < -0.3 is 0 Å². The van der Waals surface area contributed by atoms with Crippen molar-refractivity contribution in [3.63, 3.8) is 0 Å². The number of imidazole rings is 1. The molecule has 1 heterocycles. The second-order valence-corrected chi connectivity index (χ2v) is 6.46. The molecule has 0 unspecified atom stereocenters. The van der Waals surface area contributed by atoms with E-state index < -0.39 is 7.81 Å².